The van der Waals surface area contributed by atoms with Crippen LogP contribution in [0.5, 0.6) is 0 Å². The fraction of sp³-hybridized carbons (Fsp3) is 0.125. The molecule has 24 heavy (non-hydrogen) atoms. The van der Waals surface area contributed by atoms with Crippen LogP contribution >= 0.6 is 11.8 Å². The molecule has 0 aliphatic heterocycles. The largest absolute Gasteiger partial charge is 0.465 e. The third-order valence-electron chi connectivity index (χ3n) is 3.09. The lowest BCUT2D eigenvalue weighted by atomic mass is 10.2. The highest BCUT2D eigenvalue weighted by atomic mass is 32.2. The molecule has 0 N–H and O–H groups in total. The lowest BCUT2D eigenvalue weighted by Gasteiger charge is -2.09. The van der Waals surface area contributed by atoms with Crippen molar-refractivity contribution in [1.82, 2.24) is 0 Å². The van der Waals surface area contributed by atoms with E-state index in [2.05, 4.69) is 4.74 Å². The van der Waals surface area contributed by atoms with Gasteiger partial charge < -0.3 is 9.47 Å². The van der Waals surface area contributed by atoms with Crippen molar-refractivity contribution >= 4 is 29.4 Å². The van der Waals surface area contributed by atoms with Crippen LogP contribution in [0.3, 0.4) is 0 Å². The van der Waals surface area contributed by atoms with E-state index in [1.807, 2.05) is 0 Å². The van der Waals surface area contributed by atoms with E-state index in [1.54, 1.807) is 24.3 Å². The van der Waals surface area contributed by atoms with Crippen LogP contribution in [-0.2, 0) is 9.47 Å². The molecule has 0 radical (unpaired) electrons. The first-order valence-corrected chi connectivity index (χ1v) is 7.51. The summed E-state index contributed by atoms with van der Waals surface area (Å²) in [5.41, 5.74) is 0.288. The highest BCUT2D eigenvalue weighted by Gasteiger charge is 2.20. The zero-order valence-corrected chi connectivity index (χ0v) is 13.7. The molecule has 2 aromatic carbocycles. The summed E-state index contributed by atoms with van der Waals surface area (Å²) in [4.78, 5) is 34.8. The number of nitrogens with zero attached hydrogens (tertiary/aromatic N) is 1. The van der Waals surface area contributed by atoms with Crippen LogP contribution in [0.1, 0.15) is 20.7 Å². The fourth-order valence-corrected chi connectivity index (χ4v) is 3.02. The summed E-state index contributed by atoms with van der Waals surface area (Å²) in [5, 5.41) is 11.2. The number of hydrogen-bond acceptors (Lipinski definition) is 7. The number of hydrogen-bond donors (Lipinski definition) is 0. The van der Waals surface area contributed by atoms with Gasteiger partial charge in [0, 0.05) is 11.0 Å². The maximum Gasteiger partial charge on any atom is 0.339 e. The lowest BCUT2D eigenvalue weighted by Crippen LogP contribution is -2.04. The molecule has 0 amide bonds. The van der Waals surface area contributed by atoms with Crippen LogP contribution in [0.2, 0.25) is 0 Å². The molecule has 0 spiro atoms. The molecular weight excluding hydrogens is 334 g/mol. The summed E-state index contributed by atoms with van der Waals surface area (Å²) in [6.45, 7) is 0. The van der Waals surface area contributed by atoms with E-state index in [1.165, 1.54) is 32.4 Å². The van der Waals surface area contributed by atoms with Gasteiger partial charge in [-0.3, -0.25) is 10.1 Å². The number of methoxy groups -OCH3 is 2. The van der Waals surface area contributed by atoms with E-state index in [4.69, 9.17) is 4.74 Å². The molecule has 2 aromatic rings. The van der Waals surface area contributed by atoms with Crippen LogP contribution < -0.4 is 0 Å². The van der Waals surface area contributed by atoms with Gasteiger partial charge in [-0.25, -0.2) is 9.59 Å². The zero-order valence-electron chi connectivity index (χ0n) is 12.8. The minimum atomic E-state index is -0.604. The van der Waals surface area contributed by atoms with E-state index in [0.717, 1.165) is 11.8 Å². The first kappa shape index (κ1) is 17.5. The lowest BCUT2D eigenvalue weighted by molar-refractivity contribution is -0.387. The van der Waals surface area contributed by atoms with Gasteiger partial charge in [-0.2, -0.15) is 0 Å². The van der Waals surface area contributed by atoms with E-state index < -0.39 is 16.9 Å². The van der Waals surface area contributed by atoms with Gasteiger partial charge in [0.1, 0.15) is 0 Å². The van der Waals surface area contributed by atoms with Crippen molar-refractivity contribution in [3.8, 4) is 0 Å². The summed E-state index contributed by atoms with van der Waals surface area (Å²) in [6.07, 6.45) is 0. The Labute approximate surface area is 141 Å². The molecule has 7 nitrogen and oxygen atoms in total. The highest BCUT2D eigenvalue weighted by Crippen LogP contribution is 2.37. The number of nitro benzene ring substituents is 1. The van der Waals surface area contributed by atoms with Crippen LogP contribution in [0.4, 0.5) is 5.69 Å². The Morgan fingerprint density at radius 2 is 1.67 bits per heavy atom. The Hall–Kier alpha value is -2.87. The van der Waals surface area contributed by atoms with E-state index in [0.29, 0.717) is 4.90 Å². The summed E-state index contributed by atoms with van der Waals surface area (Å²) in [5.74, 6) is -1.15. The van der Waals surface area contributed by atoms with Crippen molar-refractivity contribution in [2.24, 2.45) is 0 Å². The Kier molecular flexibility index (Phi) is 5.54. The molecule has 0 unspecified atom stereocenters. The van der Waals surface area contributed by atoms with Gasteiger partial charge >= 0.3 is 11.9 Å². The van der Waals surface area contributed by atoms with Crippen LogP contribution in [0.15, 0.2) is 52.3 Å². The third kappa shape index (κ3) is 3.72. The molecule has 0 fully saturated rings. The number of benzene rings is 2. The molecule has 0 aliphatic rings. The number of carbonyl (C=O) groups excluding carboxylic acids is 2. The van der Waals surface area contributed by atoms with Gasteiger partial charge in [0.05, 0.1) is 35.2 Å². The molecule has 2 rings (SSSR count). The minimum Gasteiger partial charge on any atom is -0.465 e. The number of ether oxygens (including phenoxy) is 2. The Bertz CT molecular complexity index is 805. The standard InChI is InChI=1S/C16H13NO6S/c1-22-15(18)10-7-8-12(17(20)21)14(9-10)24-13-6-4-3-5-11(13)16(19)23-2/h3-9H,1-2H3. The third-order valence-corrected chi connectivity index (χ3v) is 4.21. The zero-order chi connectivity index (χ0) is 17.7. The van der Waals surface area contributed by atoms with Gasteiger partial charge in [0.25, 0.3) is 5.69 Å². The van der Waals surface area contributed by atoms with Crippen molar-refractivity contribution < 1.29 is 24.0 Å². The van der Waals surface area contributed by atoms with Gasteiger partial charge in [0.2, 0.25) is 0 Å². The maximum atomic E-state index is 11.8. The predicted molar refractivity (Wildman–Crippen MR) is 86.3 cm³/mol. The van der Waals surface area contributed by atoms with Crippen LogP contribution in [0.25, 0.3) is 0 Å². The van der Waals surface area contributed by atoms with Crippen molar-refractivity contribution in [2.45, 2.75) is 9.79 Å². The van der Waals surface area contributed by atoms with Crippen molar-refractivity contribution in [3.05, 3.63) is 63.7 Å². The second-order valence-corrected chi connectivity index (χ2v) is 5.60. The van der Waals surface area contributed by atoms with E-state index >= 15 is 0 Å². The van der Waals surface area contributed by atoms with Gasteiger partial charge in [-0.1, -0.05) is 23.9 Å². The molecule has 8 heteroatoms. The first-order chi connectivity index (χ1) is 11.5. The molecule has 0 saturated carbocycles. The summed E-state index contributed by atoms with van der Waals surface area (Å²) >= 11 is 1.00. The normalized spacial score (nSPS) is 10.1. The SMILES string of the molecule is COC(=O)c1ccc([N+](=O)[O-])c(Sc2ccccc2C(=O)OC)c1. The van der Waals surface area contributed by atoms with Gasteiger partial charge in [0.15, 0.2) is 0 Å². The molecule has 0 aliphatic carbocycles. The summed E-state index contributed by atoms with van der Waals surface area (Å²) < 4.78 is 9.34. The number of esters is 2. The smallest absolute Gasteiger partial charge is 0.339 e. The molecule has 0 atom stereocenters. The first-order valence-electron chi connectivity index (χ1n) is 6.70. The van der Waals surface area contributed by atoms with Crippen LogP contribution in [-0.4, -0.2) is 31.1 Å². The summed E-state index contributed by atoms with van der Waals surface area (Å²) in [6, 6.07) is 10.5. The molecular formula is C16H13NO6S. The Morgan fingerprint density at radius 1 is 1.00 bits per heavy atom. The van der Waals surface area contributed by atoms with E-state index in [-0.39, 0.29) is 21.7 Å². The van der Waals surface area contributed by atoms with Gasteiger partial charge in [-0.05, 0) is 24.3 Å². The maximum absolute atomic E-state index is 11.8. The average molecular weight is 347 g/mol. The molecule has 0 saturated heterocycles. The highest BCUT2D eigenvalue weighted by molar-refractivity contribution is 7.99. The molecule has 0 bridgehead atoms. The quantitative estimate of drug-likeness (QED) is 0.465. The average Bonchev–Trinajstić information content (AvgIpc) is 2.60. The Morgan fingerprint density at radius 3 is 2.29 bits per heavy atom. The predicted octanol–water partition coefficient (Wildman–Crippen LogP) is 3.32. The second-order valence-electron chi connectivity index (χ2n) is 4.52. The van der Waals surface area contributed by atoms with E-state index in [9.17, 15) is 19.7 Å². The summed E-state index contributed by atoms with van der Waals surface area (Å²) in [7, 11) is 2.48. The molecule has 0 heterocycles. The van der Waals surface area contributed by atoms with Crippen LogP contribution in [0, 0.1) is 10.1 Å². The van der Waals surface area contributed by atoms with Crippen molar-refractivity contribution in [2.75, 3.05) is 14.2 Å². The van der Waals surface area contributed by atoms with Gasteiger partial charge in [-0.15, -0.1) is 0 Å². The number of rotatable bonds is 5. The molecule has 0 aromatic heterocycles. The number of nitro groups is 1. The van der Waals surface area contributed by atoms with Crippen molar-refractivity contribution in [3.63, 3.8) is 0 Å². The molecule has 124 valence electrons. The topological polar surface area (TPSA) is 95.7 Å². The fourth-order valence-electron chi connectivity index (χ4n) is 1.94. The minimum absolute atomic E-state index is 0.174. The van der Waals surface area contributed by atoms with Crippen molar-refractivity contribution in [1.29, 1.82) is 0 Å². The second kappa shape index (κ2) is 7.60. The Balaban J connectivity index is 2.50. The number of carbonyl (C=O) groups is 2. The monoisotopic (exact) mass is 347 g/mol.